The third-order valence-electron chi connectivity index (χ3n) is 4.65. The third-order valence-corrected chi connectivity index (χ3v) is 4.89. The van der Waals surface area contributed by atoms with Crippen LogP contribution in [-0.4, -0.2) is 43.0 Å². The van der Waals surface area contributed by atoms with Crippen molar-refractivity contribution in [2.45, 2.75) is 37.8 Å². The monoisotopic (exact) mass is 357 g/mol. The fourth-order valence-electron chi connectivity index (χ4n) is 3.51. The summed E-state index contributed by atoms with van der Waals surface area (Å²) in [5, 5.41) is 7.34. The summed E-state index contributed by atoms with van der Waals surface area (Å²) in [6.45, 7) is 3.13. The molecule has 2 aliphatic rings. The second-order valence-electron chi connectivity index (χ2n) is 6.29. The molecule has 1 aliphatic heterocycles. The highest BCUT2D eigenvalue weighted by atomic mass is 35.5. The molecule has 23 heavy (non-hydrogen) atoms. The van der Waals surface area contributed by atoms with Crippen LogP contribution in [0, 0.1) is 0 Å². The Labute approximate surface area is 149 Å². The van der Waals surface area contributed by atoms with Gasteiger partial charge in [0.25, 0.3) is 0 Å². The van der Waals surface area contributed by atoms with Gasteiger partial charge in [-0.15, -0.1) is 12.4 Å². The second-order valence-corrected chi connectivity index (χ2v) is 6.73. The first-order valence-corrected chi connectivity index (χ1v) is 8.60. The van der Waals surface area contributed by atoms with E-state index in [1.165, 1.54) is 18.4 Å². The van der Waals surface area contributed by atoms with Gasteiger partial charge in [-0.25, -0.2) is 0 Å². The third kappa shape index (κ3) is 5.08. The van der Waals surface area contributed by atoms with Crippen molar-refractivity contribution in [2.75, 3.05) is 26.2 Å². The molecule has 1 saturated heterocycles. The number of hydrogen-bond donors (Lipinski definition) is 2. The van der Waals surface area contributed by atoms with Gasteiger partial charge in [0.15, 0.2) is 0 Å². The second kappa shape index (κ2) is 8.88. The van der Waals surface area contributed by atoms with Gasteiger partial charge in [0, 0.05) is 36.7 Å². The maximum atomic E-state index is 12.3. The largest absolute Gasteiger partial charge is 0.352 e. The Morgan fingerprint density at radius 2 is 2.13 bits per heavy atom. The Morgan fingerprint density at radius 3 is 2.87 bits per heavy atom. The Balaban J connectivity index is 0.00000192. The lowest BCUT2D eigenvalue weighted by Crippen LogP contribution is -2.50. The summed E-state index contributed by atoms with van der Waals surface area (Å²) in [4.78, 5) is 14.6. The average Bonchev–Trinajstić information content (AvgIpc) is 3.00. The first-order chi connectivity index (χ1) is 10.7. The van der Waals surface area contributed by atoms with Crippen LogP contribution in [-0.2, 0) is 4.79 Å². The van der Waals surface area contributed by atoms with E-state index in [1.54, 1.807) is 0 Å². The number of halogens is 2. The van der Waals surface area contributed by atoms with Crippen LogP contribution in [0.5, 0.6) is 0 Å². The molecule has 0 bridgehead atoms. The molecule has 2 fully saturated rings. The van der Waals surface area contributed by atoms with E-state index < -0.39 is 0 Å². The van der Waals surface area contributed by atoms with Gasteiger partial charge in [0.05, 0.1) is 6.54 Å². The smallest absolute Gasteiger partial charge is 0.234 e. The molecule has 1 atom stereocenters. The number of benzene rings is 1. The molecule has 1 heterocycles. The van der Waals surface area contributed by atoms with Crippen molar-refractivity contribution in [1.82, 2.24) is 15.5 Å². The number of nitrogens with one attached hydrogen (secondary N) is 2. The standard InChI is InChI=1S/C17H24ClN3O.ClH/c18-14-5-3-4-13(10-14)16-11-19-8-9-21(16)12-17(22)20-15-6-1-2-7-15;/h3-5,10,15-16,19H,1-2,6-9,11-12H2,(H,20,22);1H. The van der Waals surface area contributed by atoms with Gasteiger partial charge in [0.1, 0.15) is 0 Å². The lowest BCUT2D eigenvalue weighted by molar-refractivity contribution is -0.123. The van der Waals surface area contributed by atoms with Crippen LogP contribution in [0.2, 0.25) is 5.02 Å². The van der Waals surface area contributed by atoms with Crippen LogP contribution in [0.25, 0.3) is 0 Å². The Bertz CT molecular complexity index is 520. The van der Waals surface area contributed by atoms with Crippen LogP contribution in [0.15, 0.2) is 24.3 Å². The van der Waals surface area contributed by atoms with E-state index in [9.17, 15) is 4.79 Å². The Kier molecular flexibility index (Phi) is 7.15. The van der Waals surface area contributed by atoms with Crippen molar-refractivity contribution in [3.8, 4) is 0 Å². The van der Waals surface area contributed by atoms with Crippen LogP contribution in [0.1, 0.15) is 37.3 Å². The summed E-state index contributed by atoms with van der Waals surface area (Å²) in [5.74, 6) is 0.154. The van der Waals surface area contributed by atoms with Gasteiger partial charge in [-0.05, 0) is 30.5 Å². The number of nitrogens with zero attached hydrogens (tertiary/aromatic N) is 1. The van der Waals surface area contributed by atoms with Crippen molar-refractivity contribution < 1.29 is 4.79 Å². The van der Waals surface area contributed by atoms with Crippen molar-refractivity contribution in [3.63, 3.8) is 0 Å². The van der Waals surface area contributed by atoms with Crippen LogP contribution >= 0.6 is 24.0 Å². The van der Waals surface area contributed by atoms with Crippen molar-refractivity contribution in [1.29, 1.82) is 0 Å². The molecule has 4 nitrogen and oxygen atoms in total. The van der Waals surface area contributed by atoms with Gasteiger partial charge < -0.3 is 10.6 Å². The summed E-state index contributed by atoms with van der Waals surface area (Å²) in [6, 6.07) is 8.55. The molecule has 1 aliphatic carbocycles. The molecule has 128 valence electrons. The van der Waals surface area contributed by atoms with Crippen LogP contribution < -0.4 is 10.6 Å². The number of carbonyl (C=O) groups is 1. The molecule has 2 N–H and O–H groups in total. The van der Waals surface area contributed by atoms with Crippen LogP contribution in [0.3, 0.4) is 0 Å². The first-order valence-electron chi connectivity index (χ1n) is 8.22. The lowest BCUT2D eigenvalue weighted by atomic mass is 10.0. The maximum absolute atomic E-state index is 12.3. The highest BCUT2D eigenvalue weighted by Gasteiger charge is 2.26. The minimum atomic E-state index is 0. The van der Waals surface area contributed by atoms with Crippen molar-refractivity contribution in [2.24, 2.45) is 0 Å². The summed E-state index contributed by atoms with van der Waals surface area (Å²) in [7, 11) is 0. The van der Waals surface area contributed by atoms with E-state index in [-0.39, 0.29) is 24.4 Å². The van der Waals surface area contributed by atoms with Gasteiger partial charge in [-0.3, -0.25) is 9.69 Å². The highest BCUT2D eigenvalue weighted by Crippen LogP contribution is 2.24. The molecule has 3 rings (SSSR count). The number of carbonyl (C=O) groups excluding carboxylic acids is 1. The van der Waals surface area contributed by atoms with Gasteiger partial charge in [0.2, 0.25) is 5.91 Å². The summed E-state index contributed by atoms with van der Waals surface area (Å²) >= 11 is 6.11. The first kappa shape index (κ1) is 18.5. The Hall–Kier alpha value is -0.810. The molecular weight excluding hydrogens is 333 g/mol. The number of amides is 1. The average molecular weight is 358 g/mol. The van der Waals surface area contributed by atoms with Gasteiger partial charge in [-0.1, -0.05) is 36.6 Å². The van der Waals surface area contributed by atoms with E-state index >= 15 is 0 Å². The molecule has 0 aromatic heterocycles. The molecule has 6 heteroatoms. The molecule has 0 radical (unpaired) electrons. The SMILES string of the molecule is Cl.O=C(CN1CCNCC1c1cccc(Cl)c1)NC1CCCC1. The maximum Gasteiger partial charge on any atom is 0.234 e. The predicted octanol–water partition coefficient (Wildman–Crippen LogP) is 2.77. The lowest BCUT2D eigenvalue weighted by Gasteiger charge is -2.36. The fourth-order valence-corrected chi connectivity index (χ4v) is 3.70. The minimum absolute atomic E-state index is 0. The number of hydrogen-bond acceptors (Lipinski definition) is 3. The van der Waals surface area contributed by atoms with Crippen molar-refractivity contribution >= 4 is 29.9 Å². The molecule has 1 amide bonds. The molecule has 1 aromatic carbocycles. The quantitative estimate of drug-likeness (QED) is 0.870. The molecule has 1 saturated carbocycles. The van der Waals surface area contributed by atoms with Gasteiger partial charge in [-0.2, -0.15) is 0 Å². The zero-order valence-corrected chi connectivity index (χ0v) is 14.8. The van der Waals surface area contributed by atoms with Gasteiger partial charge >= 0.3 is 0 Å². The van der Waals surface area contributed by atoms with E-state index in [2.05, 4.69) is 21.6 Å². The number of rotatable bonds is 4. The summed E-state index contributed by atoms with van der Waals surface area (Å²) < 4.78 is 0. The van der Waals surface area contributed by atoms with Crippen molar-refractivity contribution in [3.05, 3.63) is 34.9 Å². The zero-order valence-electron chi connectivity index (χ0n) is 13.3. The van der Waals surface area contributed by atoms with E-state index in [1.807, 2.05) is 18.2 Å². The predicted molar refractivity (Wildman–Crippen MR) is 96.3 cm³/mol. The summed E-state index contributed by atoms with van der Waals surface area (Å²) in [5.41, 5.74) is 1.17. The number of piperazine rings is 1. The normalized spacial score (nSPS) is 22.6. The summed E-state index contributed by atoms with van der Waals surface area (Å²) in [6.07, 6.45) is 4.74. The Morgan fingerprint density at radius 1 is 1.35 bits per heavy atom. The van der Waals surface area contributed by atoms with E-state index in [4.69, 9.17) is 11.6 Å². The zero-order chi connectivity index (χ0) is 15.4. The minimum Gasteiger partial charge on any atom is -0.352 e. The molecule has 1 aromatic rings. The molecule has 1 unspecified atom stereocenters. The van der Waals surface area contributed by atoms with E-state index in [0.717, 1.165) is 37.5 Å². The highest BCUT2D eigenvalue weighted by molar-refractivity contribution is 6.30. The molecular formula is C17H25Cl2N3O. The molecule has 0 spiro atoms. The van der Waals surface area contributed by atoms with Crippen LogP contribution in [0.4, 0.5) is 0 Å². The fraction of sp³-hybridized carbons (Fsp3) is 0.588. The topological polar surface area (TPSA) is 44.4 Å². The van der Waals surface area contributed by atoms with E-state index in [0.29, 0.717) is 12.6 Å².